The maximum absolute atomic E-state index is 13.0. The van der Waals surface area contributed by atoms with Gasteiger partial charge < -0.3 is 5.11 Å². The number of thioether (sulfide) groups is 1. The molecule has 0 unspecified atom stereocenters. The molecule has 1 rings (SSSR count). The standard InChI is InChI=1S/C12H15FO2S/c1-2-3-6-16-8-9-7-10(13)4-5-11(9)12(14)15/h4-5,7H,2-3,6,8H2,1H3,(H,14,15). The third kappa shape index (κ3) is 3.85. The minimum atomic E-state index is -0.994. The Morgan fingerprint density at radius 2 is 2.25 bits per heavy atom. The number of halogens is 1. The average Bonchev–Trinajstić information content (AvgIpc) is 2.24. The van der Waals surface area contributed by atoms with Crippen LogP contribution in [0.5, 0.6) is 0 Å². The molecule has 0 aliphatic rings. The summed E-state index contributed by atoms with van der Waals surface area (Å²) in [5.74, 6) is 0.160. The highest BCUT2D eigenvalue weighted by molar-refractivity contribution is 7.98. The molecule has 0 aliphatic heterocycles. The highest BCUT2D eigenvalue weighted by Gasteiger charge is 2.10. The van der Waals surface area contributed by atoms with Crippen LogP contribution in [0.3, 0.4) is 0 Å². The summed E-state index contributed by atoms with van der Waals surface area (Å²) in [6.07, 6.45) is 2.21. The van der Waals surface area contributed by atoms with Gasteiger partial charge in [0.15, 0.2) is 0 Å². The van der Waals surface area contributed by atoms with Crippen molar-refractivity contribution in [3.8, 4) is 0 Å². The fraction of sp³-hybridized carbons (Fsp3) is 0.417. The lowest BCUT2D eigenvalue weighted by atomic mass is 10.1. The van der Waals surface area contributed by atoms with E-state index in [1.807, 2.05) is 0 Å². The third-order valence-corrected chi connectivity index (χ3v) is 3.29. The summed E-state index contributed by atoms with van der Waals surface area (Å²) < 4.78 is 13.0. The minimum Gasteiger partial charge on any atom is -0.478 e. The molecule has 0 aromatic heterocycles. The molecule has 0 saturated carbocycles. The molecule has 1 aromatic carbocycles. The molecule has 4 heteroatoms. The number of hydrogen-bond donors (Lipinski definition) is 1. The molecule has 0 atom stereocenters. The second-order valence-corrected chi connectivity index (χ2v) is 4.62. The van der Waals surface area contributed by atoms with E-state index in [1.165, 1.54) is 18.2 Å². The average molecular weight is 242 g/mol. The normalized spacial score (nSPS) is 10.4. The Morgan fingerprint density at radius 3 is 2.88 bits per heavy atom. The summed E-state index contributed by atoms with van der Waals surface area (Å²) in [5.41, 5.74) is 0.763. The highest BCUT2D eigenvalue weighted by atomic mass is 32.2. The van der Waals surface area contributed by atoms with Gasteiger partial charge in [0.25, 0.3) is 0 Å². The van der Waals surface area contributed by atoms with Crippen molar-refractivity contribution in [3.63, 3.8) is 0 Å². The Balaban J connectivity index is 2.68. The molecular weight excluding hydrogens is 227 g/mol. The van der Waals surface area contributed by atoms with Crippen molar-refractivity contribution in [3.05, 3.63) is 35.1 Å². The Bertz CT molecular complexity index is 366. The predicted molar refractivity (Wildman–Crippen MR) is 64.4 cm³/mol. The van der Waals surface area contributed by atoms with Crippen LogP contribution in [0.1, 0.15) is 35.7 Å². The summed E-state index contributed by atoms with van der Waals surface area (Å²) in [6.45, 7) is 2.10. The zero-order valence-corrected chi connectivity index (χ0v) is 10.0. The topological polar surface area (TPSA) is 37.3 Å². The molecule has 88 valence electrons. The fourth-order valence-corrected chi connectivity index (χ4v) is 2.41. The smallest absolute Gasteiger partial charge is 0.335 e. The van der Waals surface area contributed by atoms with Crippen molar-refractivity contribution in [1.82, 2.24) is 0 Å². The number of benzene rings is 1. The predicted octanol–water partition coefficient (Wildman–Crippen LogP) is 3.56. The molecule has 0 amide bonds. The fourth-order valence-electron chi connectivity index (χ4n) is 1.32. The second-order valence-electron chi connectivity index (χ2n) is 3.51. The lowest BCUT2D eigenvalue weighted by Crippen LogP contribution is -2.02. The largest absolute Gasteiger partial charge is 0.478 e. The van der Waals surface area contributed by atoms with Gasteiger partial charge in [-0.05, 0) is 35.9 Å². The first-order valence-corrected chi connectivity index (χ1v) is 6.40. The summed E-state index contributed by atoms with van der Waals surface area (Å²) in [4.78, 5) is 10.9. The second kappa shape index (κ2) is 6.53. The van der Waals surface area contributed by atoms with Crippen molar-refractivity contribution in [1.29, 1.82) is 0 Å². The van der Waals surface area contributed by atoms with Crippen LogP contribution >= 0.6 is 11.8 Å². The lowest BCUT2D eigenvalue weighted by Gasteiger charge is -2.05. The van der Waals surface area contributed by atoms with Gasteiger partial charge >= 0.3 is 5.97 Å². The van der Waals surface area contributed by atoms with Crippen molar-refractivity contribution in [2.75, 3.05) is 5.75 Å². The zero-order valence-electron chi connectivity index (χ0n) is 9.20. The van der Waals surface area contributed by atoms with Crippen LogP contribution in [0.15, 0.2) is 18.2 Å². The number of carbonyl (C=O) groups is 1. The van der Waals surface area contributed by atoms with Gasteiger partial charge in [-0.15, -0.1) is 0 Å². The van der Waals surface area contributed by atoms with Crippen LogP contribution in [0.2, 0.25) is 0 Å². The van der Waals surface area contributed by atoms with Crippen LogP contribution in [0.25, 0.3) is 0 Å². The summed E-state index contributed by atoms with van der Waals surface area (Å²) in [6, 6.07) is 3.82. The Hall–Kier alpha value is -1.03. The van der Waals surface area contributed by atoms with Gasteiger partial charge in [0, 0.05) is 5.75 Å². The minimum absolute atomic E-state index is 0.199. The van der Waals surface area contributed by atoms with Gasteiger partial charge in [-0.1, -0.05) is 13.3 Å². The Morgan fingerprint density at radius 1 is 1.50 bits per heavy atom. The number of carboxylic acid groups (broad SMARTS) is 1. The Labute approximate surface area is 98.9 Å². The summed E-state index contributed by atoms with van der Waals surface area (Å²) in [5, 5.41) is 8.93. The van der Waals surface area contributed by atoms with E-state index in [0.29, 0.717) is 11.3 Å². The monoisotopic (exact) mass is 242 g/mol. The number of rotatable bonds is 6. The van der Waals surface area contributed by atoms with E-state index in [2.05, 4.69) is 6.92 Å². The van der Waals surface area contributed by atoms with E-state index in [0.717, 1.165) is 18.6 Å². The number of aromatic carboxylic acids is 1. The zero-order chi connectivity index (χ0) is 12.0. The molecular formula is C12H15FO2S. The van der Waals surface area contributed by atoms with Gasteiger partial charge in [0.2, 0.25) is 0 Å². The molecule has 1 aromatic rings. The molecule has 0 radical (unpaired) electrons. The van der Waals surface area contributed by atoms with Crippen molar-refractivity contribution in [2.45, 2.75) is 25.5 Å². The van der Waals surface area contributed by atoms with Crippen LogP contribution in [0, 0.1) is 5.82 Å². The van der Waals surface area contributed by atoms with Crippen molar-refractivity contribution < 1.29 is 14.3 Å². The van der Waals surface area contributed by atoms with E-state index >= 15 is 0 Å². The number of carboxylic acids is 1. The number of hydrogen-bond acceptors (Lipinski definition) is 2. The maximum atomic E-state index is 13.0. The SMILES string of the molecule is CCCCSCc1cc(F)ccc1C(=O)O. The van der Waals surface area contributed by atoms with Crippen LogP contribution in [-0.2, 0) is 5.75 Å². The van der Waals surface area contributed by atoms with E-state index in [1.54, 1.807) is 11.8 Å². The van der Waals surface area contributed by atoms with Gasteiger partial charge in [-0.3, -0.25) is 0 Å². The highest BCUT2D eigenvalue weighted by Crippen LogP contribution is 2.19. The molecule has 0 saturated heterocycles. The summed E-state index contributed by atoms with van der Waals surface area (Å²) in [7, 11) is 0. The van der Waals surface area contributed by atoms with Crippen LogP contribution in [0.4, 0.5) is 4.39 Å². The van der Waals surface area contributed by atoms with Gasteiger partial charge in [-0.2, -0.15) is 11.8 Å². The van der Waals surface area contributed by atoms with Gasteiger partial charge in [-0.25, -0.2) is 9.18 Å². The maximum Gasteiger partial charge on any atom is 0.335 e. The molecule has 2 nitrogen and oxygen atoms in total. The lowest BCUT2D eigenvalue weighted by molar-refractivity contribution is 0.0696. The van der Waals surface area contributed by atoms with Crippen LogP contribution < -0.4 is 0 Å². The molecule has 0 spiro atoms. The quantitative estimate of drug-likeness (QED) is 0.775. The first-order chi connectivity index (χ1) is 7.65. The molecule has 0 fully saturated rings. The van der Waals surface area contributed by atoms with Gasteiger partial charge in [0.05, 0.1) is 5.56 Å². The molecule has 16 heavy (non-hydrogen) atoms. The third-order valence-electron chi connectivity index (χ3n) is 2.20. The van der Waals surface area contributed by atoms with E-state index in [9.17, 15) is 9.18 Å². The molecule has 0 bridgehead atoms. The Kier molecular flexibility index (Phi) is 5.32. The molecule has 0 aliphatic carbocycles. The first kappa shape index (κ1) is 13.0. The summed E-state index contributed by atoms with van der Waals surface area (Å²) >= 11 is 1.64. The van der Waals surface area contributed by atoms with Gasteiger partial charge in [0.1, 0.15) is 5.82 Å². The van der Waals surface area contributed by atoms with Crippen molar-refractivity contribution in [2.24, 2.45) is 0 Å². The van der Waals surface area contributed by atoms with Crippen molar-refractivity contribution >= 4 is 17.7 Å². The van der Waals surface area contributed by atoms with E-state index < -0.39 is 5.97 Å². The van der Waals surface area contributed by atoms with E-state index in [4.69, 9.17) is 5.11 Å². The molecule has 0 heterocycles. The number of unbranched alkanes of at least 4 members (excludes halogenated alkanes) is 1. The van der Waals surface area contributed by atoms with Crippen LogP contribution in [-0.4, -0.2) is 16.8 Å². The molecule has 1 N–H and O–H groups in total. The van der Waals surface area contributed by atoms with E-state index in [-0.39, 0.29) is 11.4 Å². The first-order valence-electron chi connectivity index (χ1n) is 5.24.